The van der Waals surface area contributed by atoms with Crippen molar-refractivity contribution in [3.63, 3.8) is 0 Å². The van der Waals surface area contributed by atoms with Crippen LogP contribution in [-0.4, -0.2) is 12.2 Å². The van der Waals surface area contributed by atoms with Crippen LogP contribution in [0.25, 0.3) is 0 Å². The van der Waals surface area contributed by atoms with Crippen molar-refractivity contribution in [2.24, 2.45) is 5.73 Å². The highest BCUT2D eigenvalue weighted by molar-refractivity contribution is 5.85. The van der Waals surface area contributed by atoms with Gasteiger partial charge in [-0.2, -0.15) is 0 Å². The van der Waals surface area contributed by atoms with Gasteiger partial charge in [-0.3, -0.25) is 0 Å². The van der Waals surface area contributed by atoms with E-state index >= 15 is 0 Å². The van der Waals surface area contributed by atoms with Crippen LogP contribution in [0.4, 0.5) is 0 Å². The summed E-state index contributed by atoms with van der Waals surface area (Å²) in [7, 11) is 1.51. The van der Waals surface area contributed by atoms with Crippen LogP contribution >= 0.6 is 12.4 Å². The molecule has 3 N–H and O–H groups in total. The molecule has 1 aromatic carbocycles. The SMILES string of the molecule is C=CC[C@H](N)c1ccc(OC)c(O)c1.Cl. The second-order valence-electron chi connectivity index (χ2n) is 3.06. The summed E-state index contributed by atoms with van der Waals surface area (Å²) in [4.78, 5) is 0. The topological polar surface area (TPSA) is 55.5 Å². The van der Waals surface area contributed by atoms with Crippen molar-refractivity contribution in [1.82, 2.24) is 0 Å². The molecule has 0 spiro atoms. The van der Waals surface area contributed by atoms with E-state index in [0.717, 1.165) is 5.56 Å². The number of hydrogen-bond donors (Lipinski definition) is 2. The number of halogens is 1. The van der Waals surface area contributed by atoms with Gasteiger partial charge in [-0.15, -0.1) is 19.0 Å². The Morgan fingerprint density at radius 3 is 2.73 bits per heavy atom. The van der Waals surface area contributed by atoms with Gasteiger partial charge in [0, 0.05) is 6.04 Å². The summed E-state index contributed by atoms with van der Waals surface area (Å²) in [5, 5.41) is 9.50. The quantitative estimate of drug-likeness (QED) is 0.780. The molecule has 0 fully saturated rings. The maximum Gasteiger partial charge on any atom is 0.160 e. The van der Waals surface area contributed by atoms with Gasteiger partial charge in [-0.1, -0.05) is 12.1 Å². The third-order valence-corrected chi connectivity index (χ3v) is 2.05. The Balaban J connectivity index is 0.00000196. The van der Waals surface area contributed by atoms with Gasteiger partial charge in [0.15, 0.2) is 11.5 Å². The Labute approximate surface area is 96.0 Å². The van der Waals surface area contributed by atoms with E-state index in [-0.39, 0.29) is 24.2 Å². The van der Waals surface area contributed by atoms with Crippen LogP contribution in [0.15, 0.2) is 30.9 Å². The number of nitrogens with two attached hydrogens (primary N) is 1. The van der Waals surface area contributed by atoms with E-state index in [2.05, 4.69) is 6.58 Å². The molecular weight excluding hydrogens is 214 g/mol. The van der Waals surface area contributed by atoms with Crippen LogP contribution in [0, 0.1) is 0 Å². The van der Waals surface area contributed by atoms with Gasteiger partial charge in [-0.05, 0) is 24.1 Å². The fraction of sp³-hybridized carbons (Fsp3) is 0.273. The summed E-state index contributed by atoms with van der Waals surface area (Å²) in [6.45, 7) is 3.62. The summed E-state index contributed by atoms with van der Waals surface area (Å²) in [6.07, 6.45) is 2.44. The Bertz CT molecular complexity index is 328. The highest BCUT2D eigenvalue weighted by Gasteiger charge is 2.07. The molecule has 0 aliphatic carbocycles. The predicted molar refractivity (Wildman–Crippen MR) is 63.6 cm³/mol. The number of methoxy groups -OCH3 is 1. The molecule has 0 amide bonds. The number of phenols is 1. The molecule has 84 valence electrons. The van der Waals surface area contributed by atoms with Gasteiger partial charge in [0.1, 0.15) is 0 Å². The number of benzene rings is 1. The van der Waals surface area contributed by atoms with Crippen molar-refractivity contribution >= 4 is 12.4 Å². The van der Waals surface area contributed by atoms with Crippen LogP contribution in [0.2, 0.25) is 0 Å². The molecule has 0 aliphatic heterocycles. The van der Waals surface area contributed by atoms with Gasteiger partial charge >= 0.3 is 0 Å². The highest BCUT2D eigenvalue weighted by Crippen LogP contribution is 2.28. The van der Waals surface area contributed by atoms with Crippen molar-refractivity contribution in [2.75, 3.05) is 7.11 Å². The first-order valence-corrected chi connectivity index (χ1v) is 4.42. The van der Waals surface area contributed by atoms with Crippen molar-refractivity contribution < 1.29 is 9.84 Å². The minimum Gasteiger partial charge on any atom is -0.504 e. The molecule has 0 radical (unpaired) electrons. The molecule has 1 atom stereocenters. The van der Waals surface area contributed by atoms with Crippen molar-refractivity contribution in [2.45, 2.75) is 12.5 Å². The van der Waals surface area contributed by atoms with Crippen molar-refractivity contribution in [3.05, 3.63) is 36.4 Å². The van der Waals surface area contributed by atoms with Crippen LogP contribution in [0.3, 0.4) is 0 Å². The Morgan fingerprint density at radius 1 is 1.60 bits per heavy atom. The lowest BCUT2D eigenvalue weighted by Gasteiger charge is -2.11. The number of hydrogen-bond acceptors (Lipinski definition) is 3. The first-order chi connectivity index (χ1) is 6.69. The summed E-state index contributed by atoms with van der Waals surface area (Å²) >= 11 is 0. The number of aromatic hydroxyl groups is 1. The van der Waals surface area contributed by atoms with Gasteiger partial charge in [-0.25, -0.2) is 0 Å². The third kappa shape index (κ3) is 3.46. The summed E-state index contributed by atoms with van der Waals surface area (Å²) in [6, 6.07) is 5.04. The van der Waals surface area contributed by atoms with Crippen LogP contribution in [0.5, 0.6) is 11.5 Å². The summed E-state index contributed by atoms with van der Waals surface area (Å²) in [5.41, 5.74) is 6.72. The standard InChI is InChI=1S/C11H15NO2.ClH/c1-3-4-9(12)8-5-6-11(14-2)10(13)7-8;/h3,5-7,9,13H,1,4,12H2,2H3;1H/t9-;/m0./s1. The molecule has 0 unspecified atom stereocenters. The van der Waals surface area contributed by atoms with E-state index in [9.17, 15) is 5.11 Å². The largest absolute Gasteiger partial charge is 0.504 e. The fourth-order valence-electron chi connectivity index (χ4n) is 1.25. The maximum absolute atomic E-state index is 9.50. The van der Waals surface area contributed by atoms with E-state index < -0.39 is 0 Å². The number of ether oxygens (including phenoxy) is 1. The van der Waals surface area contributed by atoms with Gasteiger partial charge in [0.05, 0.1) is 7.11 Å². The highest BCUT2D eigenvalue weighted by atomic mass is 35.5. The Kier molecular flexibility index (Phi) is 5.82. The van der Waals surface area contributed by atoms with E-state index in [0.29, 0.717) is 12.2 Å². The minimum atomic E-state index is -0.121. The van der Waals surface area contributed by atoms with Crippen molar-refractivity contribution in [1.29, 1.82) is 0 Å². The smallest absolute Gasteiger partial charge is 0.160 e. The minimum absolute atomic E-state index is 0. The molecule has 0 aliphatic rings. The average molecular weight is 230 g/mol. The lowest BCUT2D eigenvalue weighted by molar-refractivity contribution is 0.372. The molecule has 4 heteroatoms. The molecule has 15 heavy (non-hydrogen) atoms. The molecule has 0 heterocycles. The van der Waals surface area contributed by atoms with Gasteiger partial charge in [0.25, 0.3) is 0 Å². The normalized spacial score (nSPS) is 11.3. The first-order valence-electron chi connectivity index (χ1n) is 4.42. The molecule has 1 rings (SSSR count). The zero-order valence-electron chi connectivity index (χ0n) is 8.64. The maximum atomic E-state index is 9.50. The molecule has 0 saturated carbocycles. The molecule has 0 bridgehead atoms. The van der Waals surface area contributed by atoms with Crippen LogP contribution in [-0.2, 0) is 0 Å². The van der Waals surface area contributed by atoms with Crippen molar-refractivity contribution in [3.8, 4) is 11.5 Å². The van der Waals surface area contributed by atoms with E-state index in [4.69, 9.17) is 10.5 Å². The summed E-state index contributed by atoms with van der Waals surface area (Å²) < 4.78 is 4.93. The van der Waals surface area contributed by atoms with Crippen LogP contribution < -0.4 is 10.5 Å². The molecule has 3 nitrogen and oxygen atoms in total. The number of phenolic OH excluding ortho intramolecular Hbond substituents is 1. The average Bonchev–Trinajstić information content (AvgIpc) is 2.18. The second-order valence-corrected chi connectivity index (χ2v) is 3.06. The lowest BCUT2D eigenvalue weighted by Crippen LogP contribution is -2.08. The monoisotopic (exact) mass is 229 g/mol. The predicted octanol–water partition coefficient (Wildman–Crippen LogP) is 2.40. The Morgan fingerprint density at radius 2 is 2.27 bits per heavy atom. The summed E-state index contributed by atoms with van der Waals surface area (Å²) in [5.74, 6) is 0.573. The molecule has 1 aromatic rings. The van der Waals surface area contributed by atoms with E-state index in [1.807, 2.05) is 6.07 Å². The lowest BCUT2D eigenvalue weighted by atomic mass is 10.0. The molecule has 0 aromatic heterocycles. The van der Waals surface area contributed by atoms with Gasteiger partial charge in [0.2, 0.25) is 0 Å². The van der Waals surface area contributed by atoms with Crippen LogP contribution in [0.1, 0.15) is 18.0 Å². The zero-order valence-corrected chi connectivity index (χ0v) is 9.46. The van der Waals surface area contributed by atoms with Gasteiger partial charge < -0.3 is 15.6 Å². The molecule has 0 saturated heterocycles. The Hall–Kier alpha value is -1.19. The third-order valence-electron chi connectivity index (χ3n) is 2.05. The number of rotatable bonds is 4. The second kappa shape index (κ2) is 6.32. The zero-order chi connectivity index (χ0) is 10.6. The van der Waals surface area contributed by atoms with E-state index in [1.54, 1.807) is 18.2 Å². The van der Waals surface area contributed by atoms with E-state index in [1.165, 1.54) is 7.11 Å². The fourth-order valence-corrected chi connectivity index (χ4v) is 1.25. The molecular formula is C11H16ClNO2. The first kappa shape index (κ1) is 13.8.